The zero-order valence-corrected chi connectivity index (χ0v) is 22.8. The molecule has 0 fully saturated rings. The van der Waals surface area contributed by atoms with E-state index >= 15 is 0 Å². The second-order valence-electron chi connectivity index (χ2n) is 8.43. The number of aryl methyl sites for hydroxylation is 2. The van der Waals surface area contributed by atoms with Crippen molar-refractivity contribution in [3.8, 4) is 0 Å². The third-order valence-corrected chi connectivity index (χ3v) is 9.04. The van der Waals surface area contributed by atoms with E-state index in [-0.39, 0.29) is 4.90 Å². The van der Waals surface area contributed by atoms with Gasteiger partial charge in [-0.3, -0.25) is 4.79 Å². The van der Waals surface area contributed by atoms with Gasteiger partial charge in [0.1, 0.15) is 0 Å². The number of ether oxygens (including phenoxy) is 1. The molecule has 0 bridgehead atoms. The van der Waals surface area contributed by atoms with E-state index in [0.29, 0.717) is 43.2 Å². The highest BCUT2D eigenvalue weighted by molar-refractivity contribution is 7.89. The number of hydrogen-bond donors (Lipinski definition) is 0. The highest BCUT2D eigenvalue weighted by Crippen LogP contribution is 2.22. The third kappa shape index (κ3) is 6.27. The Morgan fingerprint density at radius 1 is 1.09 bits per heavy atom. The van der Waals surface area contributed by atoms with Crippen LogP contribution >= 0.6 is 11.3 Å². The molecule has 190 valence electrons. The second-order valence-corrected chi connectivity index (χ2v) is 11.4. The first-order valence-electron chi connectivity index (χ1n) is 12.1. The van der Waals surface area contributed by atoms with Gasteiger partial charge >= 0.3 is 0 Å². The van der Waals surface area contributed by atoms with Gasteiger partial charge in [-0.25, -0.2) is 8.42 Å². The Balaban J connectivity index is 1.95. The monoisotopic (exact) mass is 517 g/mol. The Labute approximate surface area is 212 Å². The maximum atomic E-state index is 13.0. The number of carbonyl (C=O) groups excluding carboxylic acids is 1. The van der Waals surface area contributed by atoms with Crippen molar-refractivity contribution in [3.63, 3.8) is 0 Å². The van der Waals surface area contributed by atoms with E-state index in [1.807, 2.05) is 25.3 Å². The van der Waals surface area contributed by atoms with Crippen LogP contribution in [0.25, 0.3) is 10.2 Å². The van der Waals surface area contributed by atoms with Crippen LogP contribution < -0.4 is 4.80 Å². The molecule has 35 heavy (non-hydrogen) atoms. The van der Waals surface area contributed by atoms with E-state index in [4.69, 9.17) is 4.74 Å². The Morgan fingerprint density at radius 3 is 2.40 bits per heavy atom. The van der Waals surface area contributed by atoms with Crippen molar-refractivity contribution in [2.45, 2.75) is 58.9 Å². The quantitative estimate of drug-likeness (QED) is 0.339. The highest BCUT2D eigenvalue weighted by Gasteiger charge is 2.22. The van der Waals surface area contributed by atoms with Crippen LogP contribution in [0.2, 0.25) is 0 Å². The van der Waals surface area contributed by atoms with Crippen LogP contribution in [0.1, 0.15) is 55.1 Å². The SMILES string of the molecule is CCCCN(CC)S(=O)(=O)c1ccc(C(=O)N=c2sc3cc(C)c(C)cc3n2CCOCC)cc1. The van der Waals surface area contributed by atoms with Crippen molar-refractivity contribution in [1.82, 2.24) is 8.87 Å². The van der Waals surface area contributed by atoms with Crippen molar-refractivity contribution in [3.05, 3.63) is 57.9 Å². The molecule has 1 heterocycles. The maximum Gasteiger partial charge on any atom is 0.279 e. The fourth-order valence-electron chi connectivity index (χ4n) is 3.78. The minimum absolute atomic E-state index is 0.187. The second kappa shape index (κ2) is 12.1. The van der Waals surface area contributed by atoms with Crippen LogP contribution in [0.4, 0.5) is 0 Å². The fourth-order valence-corrected chi connectivity index (χ4v) is 6.40. The highest BCUT2D eigenvalue weighted by atomic mass is 32.2. The largest absolute Gasteiger partial charge is 0.380 e. The molecule has 0 radical (unpaired) electrons. The molecule has 9 heteroatoms. The van der Waals surface area contributed by atoms with Crippen LogP contribution in [0.15, 0.2) is 46.3 Å². The Bertz CT molecular complexity index is 1340. The van der Waals surface area contributed by atoms with Crippen LogP contribution in [-0.4, -0.2) is 49.5 Å². The summed E-state index contributed by atoms with van der Waals surface area (Å²) in [6.07, 6.45) is 1.72. The van der Waals surface area contributed by atoms with Gasteiger partial charge in [-0.1, -0.05) is 31.6 Å². The molecule has 0 saturated heterocycles. The predicted molar refractivity (Wildman–Crippen MR) is 141 cm³/mol. The van der Waals surface area contributed by atoms with Gasteiger partial charge in [0.05, 0.1) is 21.7 Å². The minimum atomic E-state index is -3.59. The summed E-state index contributed by atoms with van der Waals surface area (Å²) >= 11 is 1.47. The number of rotatable bonds is 11. The number of fused-ring (bicyclic) bond motifs is 1. The smallest absolute Gasteiger partial charge is 0.279 e. The van der Waals surface area contributed by atoms with Gasteiger partial charge in [0.15, 0.2) is 4.80 Å². The molecule has 2 aromatic carbocycles. The van der Waals surface area contributed by atoms with E-state index in [1.54, 1.807) is 12.1 Å². The van der Waals surface area contributed by atoms with Crippen LogP contribution in [0.5, 0.6) is 0 Å². The van der Waals surface area contributed by atoms with Crippen molar-refractivity contribution in [2.24, 2.45) is 4.99 Å². The van der Waals surface area contributed by atoms with Gasteiger partial charge in [0.25, 0.3) is 5.91 Å². The Kier molecular flexibility index (Phi) is 9.40. The summed E-state index contributed by atoms with van der Waals surface area (Å²) in [5.74, 6) is -0.405. The summed E-state index contributed by atoms with van der Waals surface area (Å²) in [5.41, 5.74) is 3.74. The molecule has 0 N–H and O–H groups in total. The molecule has 0 aliphatic rings. The summed E-state index contributed by atoms with van der Waals surface area (Å²) in [4.78, 5) is 18.2. The fraction of sp³-hybridized carbons (Fsp3) is 0.462. The van der Waals surface area contributed by atoms with Crippen LogP contribution in [0.3, 0.4) is 0 Å². The van der Waals surface area contributed by atoms with Gasteiger partial charge in [-0.05, 0) is 74.7 Å². The standard InChI is InChI=1S/C26H35N3O4S2/c1-6-9-14-28(7-2)35(31,32)22-12-10-21(11-13-22)25(30)27-26-29(15-16-33-8-3)23-17-19(4)20(5)18-24(23)34-26/h10-13,17-18H,6-9,14-16H2,1-5H3. The molecule has 0 saturated carbocycles. The number of unbranched alkanes of at least 4 members (excludes halogenated alkanes) is 1. The molecule has 0 aliphatic heterocycles. The Hall–Kier alpha value is -2.33. The number of aromatic nitrogens is 1. The first-order valence-corrected chi connectivity index (χ1v) is 14.4. The third-order valence-electron chi connectivity index (χ3n) is 6.01. The molecule has 1 amide bonds. The van der Waals surface area contributed by atoms with Crippen molar-refractivity contribution in [1.29, 1.82) is 0 Å². The average molecular weight is 518 g/mol. The van der Waals surface area contributed by atoms with E-state index < -0.39 is 15.9 Å². The molecule has 3 aromatic rings. The summed E-state index contributed by atoms with van der Waals surface area (Å²) in [6.45, 7) is 12.6. The topological polar surface area (TPSA) is 81.0 Å². The van der Waals surface area contributed by atoms with Gasteiger partial charge in [0.2, 0.25) is 10.0 Å². The zero-order valence-electron chi connectivity index (χ0n) is 21.2. The van der Waals surface area contributed by atoms with E-state index in [9.17, 15) is 13.2 Å². The Morgan fingerprint density at radius 2 is 1.77 bits per heavy atom. The van der Waals surface area contributed by atoms with E-state index in [1.165, 1.54) is 38.9 Å². The van der Waals surface area contributed by atoms with Gasteiger partial charge in [-0.15, -0.1) is 0 Å². The molecule has 0 unspecified atom stereocenters. The van der Waals surface area contributed by atoms with E-state index in [0.717, 1.165) is 23.1 Å². The van der Waals surface area contributed by atoms with Gasteiger partial charge in [0, 0.05) is 31.8 Å². The maximum absolute atomic E-state index is 13.0. The number of benzene rings is 2. The molecule has 0 spiro atoms. The van der Waals surface area contributed by atoms with Crippen molar-refractivity contribution >= 4 is 37.5 Å². The summed E-state index contributed by atoms with van der Waals surface area (Å²) in [5, 5.41) is 0. The summed E-state index contributed by atoms with van der Waals surface area (Å²) < 4.78 is 36.0. The van der Waals surface area contributed by atoms with Crippen LogP contribution in [-0.2, 0) is 21.3 Å². The van der Waals surface area contributed by atoms with E-state index in [2.05, 4.69) is 31.0 Å². The number of nitrogens with zero attached hydrogens (tertiary/aromatic N) is 3. The minimum Gasteiger partial charge on any atom is -0.380 e. The molecule has 7 nitrogen and oxygen atoms in total. The van der Waals surface area contributed by atoms with Crippen molar-refractivity contribution in [2.75, 3.05) is 26.3 Å². The lowest BCUT2D eigenvalue weighted by atomic mass is 10.1. The van der Waals surface area contributed by atoms with Crippen molar-refractivity contribution < 1.29 is 17.9 Å². The lowest BCUT2D eigenvalue weighted by molar-refractivity contribution is 0.0996. The normalized spacial score (nSPS) is 12.7. The molecule has 0 atom stereocenters. The number of sulfonamides is 1. The molecule has 1 aromatic heterocycles. The van der Waals surface area contributed by atoms with Gasteiger partial charge < -0.3 is 9.30 Å². The molecular weight excluding hydrogens is 482 g/mol. The zero-order chi connectivity index (χ0) is 25.6. The van der Waals surface area contributed by atoms with Crippen LogP contribution in [0, 0.1) is 13.8 Å². The average Bonchev–Trinajstić information content (AvgIpc) is 3.15. The molecular formula is C26H35N3O4S2. The van der Waals surface area contributed by atoms with Gasteiger partial charge in [-0.2, -0.15) is 9.30 Å². The first-order chi connectivity index (χ1) is 16.7. The molecule has 3 rings (SSSR count). The summed E-state index contributed by atoms with van der Waals surface area (Å²) in [7, 11) is -3.59. The predicted octanol–water partition coefficient (Wildman–Crippen LogP) is 4.91. The lowest BCUT2D eigenvalue weighted by Crippen LogP contribution is -2.31. The molecule has 0 aliphatic carbocycles. The number of thiazole rings is 1. The summed E-state index contributed by atoms with van der Waals surface area (Å²) in [6, 6.07) is 10.3. The number of amides is 1. The number of hydrogen-bond acceptors (Lipinski definition) is 5. The lowest BCUT2D eigenvalue weighted by Gasteiger charge is -2.20. The first kappa shape index (κ1) is 27.3. The number of carbonyl (C=O) groups is 1.